The van der Waals surface area contributed by atoms with Gasteiger partial charge in [0.25, 0.3) is 0 Å². The maximum atomic E-state index is 12.0. The number of hydrogen-bond acceptors (Lipinski definition) is 4. The summed E-state index contributed by atoms with van der Waals surface area (Å²) in [4.78, 5) is 25.9. The summed E-state index contributed by atoms with van der Waals surface area (Å²) >= 11 is 0. The summed E-state index contributed by atoms with van der Waals surface area (Å²) in [5.74, 6) is -0.453. The summed E-state index contributed by atoms with van der Waals surface area (Å²) in [5.41, 5.74) is 1.09. The summed E-state index contributed by atoms with van der Waals surface area (Å²) in [6.45, 7) is 1.90. The molecule has 0 aliphatic heterocycles. The van der Waals surface area contributed by atoms with Crippen LogP contribution in [-0.4, -0.2) is 25.8 Å². The van der Waals surface area contributed by atoms with Gasteiger partial charge in [0.1, 0.15) is 11.5 Å². The Morgan fingerprint density at radius 1 is 1.50 bits per heavy atom. The number of nitrogens with zero attached hydrogens (tertiary/aromatic N) is 2. The summed E-state index contributed by atoms with van der Waals surface area (Å²) in [6.07, 6.45) is 0. The number of H-pyrrole nitrogens is 1. The van der Waals surface area contributed by atoms with Crippen LogP contribution in [0.5, 0.6) is 0 Å². The molecule has 0 saturated heterocycles. The number of benzene rings is 1. The molecule has 2 N–H and O–H groups in total. The normalized spacial score (nSPS) is 11.1. The van der Waals surface area contributed by atoms with E-state index in [0.29, 0.717) is 22.5 Å². The highest BCUT2D eigenvalue weighted by atomic mass is 16.5. The van der Waals surface area contributed by atoms with Crippen LogP contribution in [0.2, 0.25) is 0 Å². The number of carboxylic acid groups (broad SMARTS) is 1. The van der Waals surface area contributed by atoms with Gasteiger partial charge in [0, 0.05) is 6.07 Å². The molecule has 0 saturated carbocycles. The van der Waals surface area contributed by atoms with E-state index < -0.39 is 5.97 Å². The summed E-state index contributed by atoms with van der Waals surface area (Å²) in [6, 6.07) is 6.41. The first-order valence-electron chi connectivity index (χ1n) is 5.93. The van der Waals surface area contributed by atoms with Gasteiger partial charge in [-0.15, -0.1) is 0 Å². The van der Waals surface area contributed by atoms with Crippen LogP contribution in [0, 0.1) is 6.92 Å². The van der Waals surface area contributed by atoms with Gasteiger partial charge in [-0.05, 0) is 19.1 Å². The predicted molar refractivity (Wildman–Crippen MR) is 69.9 cm³/mol. The number of hydrogen-bond donors (Lipinski definition) is 2. The first kappa shape index (κ1) is 12.2. The van der Waals surface area contributed by atoms with Crippen molar-refractivity contribution in [3.63, 3.8) is 0 Å². The van der Waals surface area contributed by atoms with Crippen molar-refractivity contribution < 1.29 is 14.4 Å². The van der Waals surface area contributed by atoms with Crippen molar-refractivity contribution in [3.05, 3.63) is 51.8 Å². The SMILES string of the molecule is Cc1cc(Cn2c(=O)[nH]c3cccc(C(=O)O)c32)no1. The lowest BCUT2D eigenvalue weighted by Crippen LogP contribution is -2.18. The van der Waals surface area contributed by atoms with E-state index in [1.165, 1.54) is 10.6 Å². The van der Waals surface area contributed by atoms with Gasteiger partial charge in [0.2, 0.25) is 0 Å². The second kappa shape index (κ2) is 4.37. The molecule has 0 amide bonds. The molecule has 7 nitrogen and oxygen atoms in total. The van der Waals surface area contributed by atoms with Crippen molar-refractivity contribution in [3.8, 4) is 0 Å². The smallest absolute Gasteiger partial charge is 0.337 e. The van der Waals surface area contributed by atoms with E-state index in [9.17, 15) is 14.7 Å². The van der Waals surface area contributed by atoms with Crippen LogP contribution in [0.3, 0.4) is 0 Å². The van der Waals surface area contributed by atoms with Gasteiger partial charge >= 0.3 is 11.7 Å². The van der Waals surface area contributed by atoms with E-state index in [1.807, 2.05) is 0 Å². The number of nitrogens with one attached hydrogen (secondary N) is 1. The third-order valence-electron chi connectivity index (χ3n) is 3.02. The Bertz CT molecular complexity index is 856. The van der Waals surface area contributed by atoms with Crippen LogP contribution in [0.15, 0.2) is 33.6 Å². The zero-order chi connectivity index (χ0) is 14.3. The number of para-hydroxylation sites is 1. The zero-order valence-corrected chi connectivity index (χ0v) is 10.6. The fourth-order valence-corrected chi connectivity index (χ4v) is 2.20. The van der Waals surface area contributed by atoms with Gasteiger partial charge in [-0.2, -0.15) is 0 Å². The van der Waals surface area contributed by atoms with Gasteiger partial charge in [-0.3, -0.25) is 4.57 Å². The third-order valence-corrected chi connectivity index (χ3v) is 3.02. The Morgan fingerprint density at radius 2 is 2.30 bits per heavy atom. The minimum absolute atomic E-state index is 0.0704. The fourth-order valence-electron chi connectivity index (χ4n) is 2.20. The highest BCUT2D eigenvalue weighted by Crippen LogP contribution is 2.17. The first-order valence-corrected chi connectivity index (χ1v) is 5.93. The fraction of sp³-hybridized carbons (Fsp3) is 0.154. The molecule has 7 heteroatoms. The largest absolute Gasteiger partial charge is 0.478 e. The molecule has 0 bridgehead atoms. The number of fused-ring (bicyclic) bond motifs is 1. The summed E-state index contributed by atoms with van der Waals surface area (Å²) < 4.78 is 6.29. The molecule has 3 rings (SSSR count). The minimum Gasteiger partial charge on any atom is -0.478 e. The number of aromatic amines is 1. The Labute approximate surface area is 112 Å². The van der Waals surface area contributed by atoms with Crippen LogP contribution in [-0.2, 0) is 6.54 Å². The second-order valence-corrected chi connectivity index (χ2v) is 4.45. The minimum atomic E-state index is -1.08. The quantitative estimate of drug-likeness (QED) is 0.750. The lowest BCUT2D eigenvalue weighted by molar-refractivity contribution is 0.0698. The van der Waals surface area contributed by atoms with Crippen molar-refractivity contribution in [2.75, 3.05) is 0 Å². The highest BCUT2D eigenvalue weighted by Gasteiger charge is 2.16. The zero-order valence-electron chi connectivity index (χ0n) is 10.6. The molecule has 102 valence electrons. The van der Waals surface area contributed by atoms with Crippen LogP contribution in [0.25, 0.3) is 11.0 Å². The van der Waals surface area contributed by atoms with E-state index in [4.69, 9.17) is 4.52 Å². The van der Waals surface area contributed by atoms with Crippen molar-refractivity contribution in [1.29, 1.82) is 0 Å². The van der Waals surface area contributed by atoms with Crippen LogP contribution >= 0.6 is 0 Å². The monoisotopic (exact) mass is 273 g/mol. The molecule has 0 spiro atoms. The Morgan fingerprint density at radius 3 is 2.95 bits per heavy atom. The maximum Gasteiger partial charge on any atom is 0.337 e. The van der Waals surface area contributed by atoms with E-state index in [0.717, 1.165) is 0 Å². The molecule has 0 unspecified atom stereocenters. The van der Waals surface area contributed by atoms with Gasteiger partial charge in [-0.25, -0.2) is 9.59 Å². The van der Waals surface area contributed by atoms with Gasteiger partial charge < -0.3 is 14.6 Å². The van der Waals surface area contributed by atoms with Crippen molar-refractivity contribution >= 4 is 17.0 Å². The molecular weight excluding hydrogens is 262 g/mol. The molecule has 2 aromatic heterocycles. The summed E-state index contributed by atoms with van der Waals surface area (Å²) in [7, 11) is 0. The molecule has 0 atom stereocenters. The van der Waals surface area contributed by atoms with E-state index in [-0.39, 0.29) is 17.8 Å². The van der Waals surface area contributed by atoms with Crippen molar-refractivity contribution in [2.45, 2.75) is 13.5 Å². The lowest BCUT2D eigenvalue weighted by Gasteiger charge is -2.03. The van der Waals surface area contributed by atoms with Crippen LogP contribution in [0.1, 0.15) is 21.8 Å². The molecule has 1 aromatic carbocycles. The molecule has 0 fully saturated rings. The van der Waals surface area contributed by atoms with Gasteiger partial charge in [0.05, 0.1) is 23.1 Å². The lowest BCUT2D eigenvalue weighted by atomic mass is 10.2. The summed E-state index contributed by atoms with van der Waals surface area (Å²) in [5, 5.41) is 13.0. The first-order chi connectivity index (χ1) is 9.56. The van der Waals surface area contributed by atoms with E-state index >= 15 is 0 Å². The average Bonchev–Trinajstić information content (AvgIpc) is 2.94. The van der Waals surface area contributed by atoms with E-state index in [1.54, 1.807) is 25.1 Å². The molecule has 0 aliphatic carbocycles. The number of carbonyl (C=O) groups is 1. The van der Waals surface area contributed by atoms with Crippen LogP contribution < -0.4 is 5.69 Å². The van der Waals surface area contributed by atoms with Gasteiger partial charge in [0.15, 0.2) is 0 Å². The Hall–Kier alpha value is -2.83. The maximum absolute atomic E-state index is 12.0. The predicted octanol–water partition coefficient (Wildman–Crippen LogP) is 1.37. The number of aromatic nitrogens is 3. The van der Waals surface area contributed by atoms with Gasteiger partial charge in [-0.1, -0.05) is 11.2 Å². The van der Waals surface area contributed by atoms with E-state index in [2.05, 4.69) is 10.1 Å². The molecule has 2 heterocycles. The standard InChI is InChI=1S/C13H11N3O4/c1-7-5-8(15-20-7)6-16-11-9(12(17)18)3-2-4-10(11)14-13(16)19/h2-5H,6H2,1H3,(H,14,19)(H,17,18). The number of carboxylic acids is 1. The average molecular weight is 273 g/mol. The number of imidazole rings is 1. The molecule has 3 aromatic rings. The van der Waals surface area contributed by atoms with Crippen molar-refractivity contribution in [1.82, 2.24) is 14.7 Å². The molecule has 20 heavy (non-hydrogen) atoms. The third kappa shape index (κ3) is 1.89. The molecule has 0 radical (unpaired) electrons. The number of aromatic carboxylic acids is 1. The number of rotatable bonds is 3. The second-order valence-electron chi connectivity index (χ2n) is 4.45. The number of aryl methyl sites for hydroxylation is 1. The molecular formula is C13H11N3O4. The topological polar surface area (TPSA) is 101 Å². The van der Waals surface area contributed by atoms with Crippen molar-refractivity contribution in [2.24, 2.45) is 0 Å². The molecule has 0 aliphatic rings. The highest BCUT2D eigenvalue weighted by molar-refractivity contribution is 6.01. The Kier molecular flexibility index (Phi) is 2.67. The van der Waals surface area contributed by atoms with Crippen LogP contribution in [0.4, 0.5) is 0 Å². The Balaban J connectivity index is 2.21.